The van der Waals surface area contributed by atoms with Gasteiger partial charge in [0.25, 0.3) is 0 Å². The molecule has 2 aromatic carbocycles. The molecular formula is C30H42N2O5. The van der Waals surface area contributed by atoms with Gasteiger partial charge in [0.05, 0.1) is 12.2 Å². The monoisotopic (exact) mass is 510 g/mol. The van der Waals surface area contributed by atoms with Gasteiger partial charge in [-0.25, -0.2) is 9.59 Å². The van der Waals surface area contributed by atoms with Crippen molar-refractivity contribution in [2.45, 2.75) is 86.1 Å². The molecule has 37 heavy (non-hydrogen) atoms. The zero-order chi connectivity index (χ0) is 27.3. The number of aliphatic carboxylic acids is 1. The van der Waals surface area contributed by atoms with Gasteiger partial charge >= 0.3 is 12.0 Å². The van der Waals surface area contributed by atoms with Crippen LogP contribution in [0, 0.1) is 20.8 Å². The van der Waals surface area contributed by atoms with Crippen molar-refractivity contribution in [3.05, 3.63) is 57.6 Å². The first kappa shape index (κ1) is 28.7. The second kappa shape index (κ2) is 12.1. The lowest BCUT2D eigenvalue weighted by molar-refractivity contribution is -0.160. The summed E-state index contributed by atoms with van der Waals surface area (Å²) in [7, 11) is 0. The highest BCUT2D eigenvalue weighted by molar-refractivity contribution is 5.85. The number of benzene rings is 2. The van der Waals surface area contributed by atoms with Gasteiger partial charge in [0.2, 0.25) is 0 Å². The summed E-state index contributed by atoms with van der Waals surface area (Å²) < 4.78 is 11.7. The molecule has 0 spiro atoms. The Bertz CT molecular complexity index is 1120. The van der Waals surface area contributed by atoms with E-state index in [9.17, 15) is 14.7 Å². The van der Waals surface area contributed by atoms with Crippen LogP contribution < -0.4 is 5.32 Å². The van der Waals surface area contributed by atoms with Crippen molar-refractivity contribution in [2.75, 3.05) is 19.8 Å². The van der Waals surface area contributed by atoms with Crippen LogP contribution in [0.4, 0.5) is 4.79 Å². The van der Waals surface area contributed by atoms with Crippen molar-refractivity contribution >= 4 is 12.0 Å². The van der Waals surface area contributed by atoms with E-state index < -0.39 is 17.7 Å². The number of urea groups is 1. The number of carboxylic acids is 1. The van der Waals surface area contributed by atoms with Gasteiger partial charge in [-0.3, -0.25) is 0 Å². The zero-order valence-electron chi connectivity index (χ0n) is 23.4. The first-order chi connectivity index (χ1) is 17.4. The quantitative estimate of drug-likeness (QED) is 0.379. The van der Waals surface area contributed by atoms with Crippen LogP contribution in [-0.2, 0) is 27.4 Å². The molecule has 7 nitrogen and oxygen atoms in total. The van der Waals surface area contributed by atoms with E-state index in [-0.39, 0.29) is 6.03 Å². The number of carbonyl (C=O) groups excluding carboxylic acids is 1. The Labute approximate surface area is 221 Å². The number of hydrogen-bond donors (Lipinski definition) is 2. The van der Waals surface area contributed by atoms with E-state index in [0.29, 0.717) is 38.4 Å². The molecule has 0 saturated carbocycles. The maximum Gasteiger partial charge on any atom is 0.337 e. The normalized spacial score (nSPS) is 14.0. The van der Waals surface area contributed by atoms with Gasteiger partial charge in [0.1, 0.15) is 0 Å². The highest BCUT2D eigenvalue weighted by Crippen LogP contribution is 2.43. The first-order valence-electron chi connectivity index (χ1n) is 13.2. The summed E-state index contributed by atoms with van der Waals surface area (Å²) in [5, 5.41) is 13.2. The van der Waals surface area contributed by atoms with Crippen molar-refractivity contribution < 1.29 is 24.2 Å². The van der Waals surface area contributed by atoms with Crippen LogP contribution in [0.25, 0.3) is 11.1 Å². The number of carboxylic acid groups (broad SMARTS) is 1. The summed E-state index contributed by atoms with van der Waals surface area (Å²) >= 11 is 0. The van der Waals surface area contributed by atoms with Gasteiger partial charge in [-0.15, -0.1) is 0 Å². The van der Waals surface area contributed by atoms with Crippen LogP contribution in [0.15, 0.2) is 24.3 Å². The Morgan fingerprint density at radius 3 is 2.22 bits per heavy atom. The maximum absolute atomic E-state index is 13.0. The van der Waals surface area contributed by atoms with Crippen molar-refractivity contribution in [1.29, 1.82) is 0 Å². The second-order valence-electron chi connectivity index (χ2n) is 10.9. The minimum Gasteiger partial charge on any atom is -0.479 e. The molecule has 2 aromatic rings. The van der Waals surface area contributed by atoms with E-state index in [1.54, 1.807) is 4.90 Å². The molecule has 1 heterocycles. The minimum atomic E-state index is -1.14. The number of ether oxygens (including phenoxy) is 2. The Balaban J connectivity index is 1.99. The Morgan fingerprint density at radius 1 is 1.03 bits per heavy atom. The van der Waals surface area contributed by atoms with Crippen molar-refractivity contribution in [1.82, 2.24) is 10.2 Å². The highest BCUT2D eigenvalue weighted by atomic mass is 16.5. The SMILES string of the molecule is CCCCOCCNC(=O)N1Cc2c(C)c(-c3ccc(C)cc3)c([C@H](OC(C)(C)C)C(=O)O)c(C)c2C1. The molecule has 0 aromatic heterocycles. The number of aryl methyl sites for hydroxylation is 1. The van der Waals surface area contributed by atoms with Crippen LogP contribution in [0.3, 0.4) is 0 Å². The lowest BCUT2D eigenvalue weighted by atomic mass is 9.83. The van der Waals surface area contributed by atoms with Crippen LogP contribution in [0.5, 0.6) is 0 Å². The molecule has 1 aliphatic rings. The minimum absolute atomic E-state index is 0.145. The average molecular weight is 511 g/mol. The van der Waals surface area contributed by atoms with Crippen LogP contribution >= 0.6 is 0 Å². The highest BCUT2D eigenvalue weighted by Gasteiger charge is 2.36. The van der Waals surface area contributed by atoms with E-state index in [1.165, 1.54) is 0 Å². The Hall–Kier alpha value is -2.90. The van der Waals surface area contributed by atoms with Gasteiger partial charge in [-0.1, -0.05) is 43.2 Å². The Kier molecular flexibility index (Phi) is 9.37. The fourth-order valence-corrected chi connectivity index (χ4v) is 4.86. The zero-order valence-corrected chi connectivity index (χ0v) is 23.4. The number of amides is 2. The number of hydrogen-bond acceptors (Lipinski definition) is 4. The number of nitrogens with one attached hydrogen (secondary N) is 1. The molecule has 202 valence electrons. The number of nitrogens with zero attached hydrogens (tertiary/aromatic N) is 1. The topological polar surface area (TPSA) is 88.1 Å². The molecule has 1 atom stereocenters. The molecule has 1 aliphatic heterocycles. The summed E-state index contributed by atoms with van der Waals surface area (Å²) in [5.74, 6) is -1.03. The molecule has 7 heteroatoms. The second-order valence-corrected chi connectivity index (χ2v) is 10.9. The number of unbranched alkanes of at least 4 members (excludes halogenated alkanes) is 1. The molecular weight excluding hydrogens is 468 g/mol. The van der Waals surface area contributed by atoms with E-state index in [1.807, 2.05) is 65.8 Å². The fourth-order valence-electron chi connectivity index (χ4n) is 4.86. The van der Waals surface area contributed by atoms with Gasteiger partial charge in [0.15, 0.2) is 6.10 Å². The molecule has 2 N–H and O–H groups in total. The standard InChI is InChI=1S/C30H42N2O5/c1-8-9-15-36-16-14-31-29(35)32-17-23-20(3)25(22-12-10-19(2)11-13-22)26(21(4)24(23)18-32)27(28(33)34)37-30(5,6)7/h10-13,27H,8-9,14-18H2,1-7H3,(H,31,35)(H,33,34)/t27-/m0/s1. The summed E-state index contributed by atoms with van der Waals surface area (Å²) in [4.78, 5) is 27.3. The first-order valence-corrected chi connectivity index (χ1v) is 13.2. The third-order valence-electron chi connectivity index (χ3n) is 6.77. The number of carbonyl (C=O) groups is 2. The summed E-state index contributed by atoms with van der Waals surface area (Å²) in [5.41, 5.74) is 6.88. The smallest absolute Gasteiger partial charge is 0.337 e. The van der Waals surface area contributed by atoms with Crippen LogP contribution in [0.1, 0.15) is 80.0 Å². The molecule has 0 radical (unpaired) electrons. The molecule has 3 rings (SSSR count). The average Bonchev–Trinajstić information content (AvgIpc) is 3.28. The third-order valence-corrected chi connectivity index (χ3v) is 6.77. The van der Waals surface area contributed by atoms with Crippen LogP contribution in [0.2, 0.25) is 0 Å². The molecule has 0 fully saturated rings. The molecule has 0 aliphatic carbocycles. The molecule has 0 bridgehead atoms. The van der Waals surface area contributed by atoms with Gasteiger partial charge in [0, 0.05) is 31.8 Å². The summed E-state index contributed by atoms with van der Waals surface area (Å²) in [6, 6.07) is 7.98. The maximum atomic E-state index is 13.0. The van der Waals surface area contributed by atoms with E-state index in [0.717, 1.165) is 51.8 Å². The fraction of sp³-hybridized carbons (Fsp3) is 0.533. The number of fused-ring (bicyclic) bond motifs is 1. The predicted molar refractivity (Wildman–Crippen MR) is 146 cm³/mol. The lowest BCUT2D eigenvalue weighted by Crippen LogP contribution is -2.38. The van der Waals surface area contributed by atoms with Crippen molar-refractivity contribution in [2.24, 2.45) is 0 Å². The lowest BCUT2D eigenvalue weighted by Gasteiger charge is -2.29. The van der Waals surface area contributed by atoms with E-state index in [2.05, 4.69) is 12.2 Å². The molecule has 0 saturated heterocycles. The Morgan fingerprint density at radius 2 is 1.65 bits per heavy atom. The third kappa shape index (κ3) is 6.90. The van der Waals surface area contributed by atoms with E-state index >= 15 is 0 Å². The van der Waals surface area contributed by atoms with Gasteiger partial charge in [-0.05, 0) is 81.3 Å². The summed E-state index contributed by atoms with van der Waals surface area (Å²) in [6.45, 7) is 16.2. The van der Waals surface area contributed by atoms with E-state index in [4.69, 9.17) is 9.47 Å². The van der Waals surface area contributed by atoms with Crippen LogP contribution in [-0.4, -0.2) is 47.4 Å². The summed E-state index contributed by atoms with van der Waals surface area (Å²) in [6.07, 6.45) is 0.951. The molecule has 0 unspecified atom stereocenters. The largest absolute Gasteiger partial charge is 0.479 e. The van der Waals surface area contributed by atoms with Crippen molar-refractivity contribution in [3.63, 3.8) is 0 Å². The molecule has 2 amide bonds. The van der Waals surface area contributed by atoms with Gasteiger partial charge < -0.3 is 24.8 Å². The van der Waals surface area contributed by atoms with Gasteiger partial charge in [-0.2, -0.15) is 0 Å². The predicted octanol–water partition coefficient (Wildman–Crippen LogP) is 6.06. The van der Waals surface area contributed by atoms with Crippen molar-refractivity contribution in [3.8, 4) is 11.1 Å². The number of rotatable bonds is 10.